The summed E-state index contributed by atoms with van der Waals surface area (Å²) in [6, 6.07) is 0. The highest BCUT2D eigenvalue weighted by atomic mass is 16.8. The Hall–Kier alpha value is -0.760. The Morgan fingerprint density at radius 1 is 1.67 bits per heavy atom. The van der Waals surface area contributed by atoms with Gasteiger partial charge in [-0.1, -0.05) is 12.7 Å². The molecular weight excluding hydrogens is 116 g/mol. The maximum absolute atomic E-state index is 5.03. The van der Waals surface area contributed by atoms with Crippen LogP contribution in [0.15, 0.2) is 25.0 Å². The van der Waals surface area contributed by atoms with E-state index in [1.165, 1.54) is 0 Å². The molecule has 1 heterocycles. The molecule has 0 spiro atoms. The van der Waals surface area contributed by atoms with Crippen molar-refractivity contribution >= 4 is 0 Å². The van der Waals surface area contributed by atoms with Gasteiger partial charge in [0.2, 0.25) is 6.29 Å². The summed E-state index contributed by atoms with van der Waals surface area (Å²) in [4.78, 5) is 0. The molecule has 0 aromatic carbocycles. The number of allylic oxidation sites excluding steroid dienone is 2. The average molecular weight is 126 g/mol. The molecule has 1 rings (SSSR count). The van der Waals surface area contributed by atoms with Crippen molar-refractivity contribution in [2.24, 2.45) is 0 Å². The van der Waals surface area contributed by atoms with Crippen molar-refractivity contribution in [3.8, 4) is 0 Å². The molecule has 1 fully saturated rings. The quantitative estimate of drug-likeness (QED) is 0.324. The van der Waals surface area contributed by atoms with Crippen LogP contribution < -0.4 is 0 Å². The first kappa shape index (κ1) is 6.36. The minimum atomic E-state index is -0.0128. The van der Waals surface area contributed by atoms with Gasteiger partial charge in [-0.15, -0.1) is 0 Å². The van der Waals surface area contributed by atoms with E-state index in [2.05, 4.69) is 6.58 Å². The first-order chi connectivity index (χ1) is 4.34. The molecule has 1 saturated heterocycles. The van der Waals surface area contributed by atoms with Gasteiger partial charge in [0, 0.05) is 0 Å². The van der Waals surface area contributed by atoms with Crippen LogP contribution in [0.2, 0.25) is 0 Å². The average Bonchev–Trinajstić information content (AvgIpc) is 2.48. The highest BCUT2D eigenvalue weighted by molar-refractivity contribution is 4.93. The summed E-state index contributed by atoms with van der Waals surface area (Å²) < 4.78 is 9.99. The summed E-state index contributed by atoms with van der Waals surface area (Å²) in [6.07, 6.45) is 5.23. The SMILES string of the molecule is C=CC=COC1OC1C. The van der Waals surface area contributed by atoms with E-state index in [4.69, 9.17) is 9.47 Å². The molecule has 2 unspecified atom stereocenters. The molecule has 1 aliphatic heterocycles. The van der Waals surface area contributed by atoms with Gasteiger partial charge in [-0.3, -0.25) is 0 Å². The standard InChI is InChI=1S/C7H10O2/c1-3-4-5-8-7-6(2)9-7/h3-7H,1H2,2H3. The molecule has 0 aromatic heterocycles. The number of epoxide rings is 1. The van der Waals surface area contributed by atoms with Gasteiger partial charge in [0.05, 0.1) is 6.26 Å². The maximum Gasteiger partial charge on any atom is 0.225 e. The second-order valence-corrected chi connectivity index (χ2v) is 1.91. The van der Waals surface area contributed by atoms with Crippen molar-refractivity contribution in [2.45, 2.75) is 19.3 Å². The normalized spacial score (nSPS) is 32.6. The molecule has 0 bridgehead atoms. The van der Waals surface area contributed by atoms with E-state index in [0.29, 0.717) is 0 Å². The number of rotatable bonds is 3. The van der Waals surface area contributed by atoms with E-state index in [0.717, 1.165) is 0 Å². The summed E-state index contributed by atoms with van der Waals surface area (Å²) in [6.45, 7) is 5.45. The minimum Gasteiger partial charge on any atom is -0.470 e. The molecule has 9 heavy (non-hydrogen) atoms. The highest BCUT2D eigenvalue weighted by Crippen LogP contribution is 2.21. The fraction of sp³-hybridized carbons (Fsp3) is 0.429. The lowest BCUT2D eigenvalue weighted by molar-refractivity contribution is 0.131. The van der Waals surface area contributed by atoms with Crippen molar-refractivity contribution in [2.75, 3.05) is 0 Å². The molecule has 2 heteroatoms. The molecule has 0 saturated carbocycles. The van der Waals surface area contributed by atoms with Gasteiger partial charge in [0.25, 0.3) is 0 Å². The zero-order valence-corrected chi connectivity index (χ0v) is 5.41. The van der Waals surface area contributed by atoms with Gasteiger partial charge in [0.1, 0.15) is 6.10 Å². The first-order valence-electron chi connectivity index (χ1n) is 2.93. The van der Waals surface area contributed by atoms with Gasteiger partial charge in [-0.2, -0.15) is 0 Å². The summed E-state index contributed by atoms with van der Waals surface area (Å²) >= 11 is 0. The molecule has 0 aromatic rings. The van der Waals surface area contributed by atoms with Gasteiger partial charge in [-0.05, 0) is 13.0 Å². The molecule has 2 atom stereocenters. The smallest absolute Gasteiger partial charge is 0.225 e. The number of hydrogen-bond donors (Lipinski definition) is 0. The Morgan fingerprint density at radius 3 is 2.78 bits per heavy atom. The molecule has 1 aliphatic rings. The first-order valence-corrected chi connectivity index (χ1v) is 2.93. The summed E-state index contributed by atoms with van der Waals surface area (Å²) in [5.41, 5.74) is 0. The summed E-state index contributed by atoms with van der Waals surface area (Å²) in [5, 5.41) is 0. The molecule has 0 amide bonds. The molecule has 0 N–H and O–H groups in total. The lowest BCUT2D eigenvalue weighted by Gasteiger charge is -1.88. The lowest BCUT2D eigenvalue weighted by atomic mass is 10.5. The Balaban J connectivity index is 2.06. The fourth-order valence-corrected chi connectivity index (χ4v) is 0.487. The van der Waals surface area contributed by atoms with E-state index in [1.807, 2.05) is 6.92 Å². The van der Waals surface area contributed by atoms with Crippen molar-refractivity contribution in [3.63, 3.8) is 0 Å². The summed E-state index contributed by atoms with van der Waals surface area (Å²) in [5.74, 6) is 0. The Bertz CT molecular complexity index is 129. The molecular formula is C7H10O2. The number of ether oxygens (including phenoxy) is 2. The Labute approximate surface area is 54.8 Å². The van der Waals surface area contributed by atoms with E-state index < -0.39 is 0 Å². The second-order valence-electron chi connectivity index (χ2n) is 1.91. The third-order valence-electron chi connectivity index (χ3n) is 1.08. The van der Waals surface area contributed by atoms with Crippen molar-refractivity contribution < 1.29 is 9.47 Å². The lowest BCUT2D eigenvalue weighted by Crippen LogP contribution is -1.88. The van der Waals surface area contributed by atoms with Crippen LogP contribution in [-0.2, 0) is 9.47 Å². The van der Waals surface area contributed by atoms with Crippen molar-refractivity contribution in [1.82, 2.24) is 0 Å². The van der Waals surface area contributed by atoms with Crippen LogP contribution in [0.1, 0.15) is 6.92 Å². The van der Waals surface area contributed by atoms with Crippen molar-refractivity contribution in [1.29, 1.82) is 0 Å². The van der Waals surface area contributed by atoms with Crippen molar-refractivity contribution in [3.05, 3.63) is 25.0 Å². The molecule has 0 aliphatic carbocycles. The monoisotopic (exact) mass is 126 g/mol. The third kappa shape index (κ3) is 1.90. The predicted molar refractivity (Wildman–Crippen MR) is 34.8 cm³/mol. The zero-order chi connectivity index (χ0) is 6.69. The molecule has 0 radical (unpaired) electrons. The fourth-order valence-electron chi connectivity index (χ4n) is 0.487. The largest absolute Gasteiger partial charge is 0.470 e. The Morgan fingerprint density at radius 2 is 2.33 bits per heavy atom. The molecule has 2 nitrogen and oxygen atoms in total. The van der Waals surface area contributed by atoms with Crippen LogP contribution in [0, 0.1) is 0 Å². The maximum atomic E-state index is 5.03. The molecule has 50 valence electrons. The van der Waals surface area contributed by atoms with E-state index in [-0.39, 0.29) is 12.4 Å². The van der Waals surface area contributed by atoms with Crippen LogP contribution in [0.25, 0.3) is 0 Å². The third-order valence-corrected chi connectivity index (χ3v) is 1.08. The van der Waals surface area contributed by atoms with Crippen LogP contribution in [0.3, 0.4) is 0 Å². The van der Waals surface area contributed by atoms with E-state index >= 15 is 0 Å². The van der Waals surface area contributed by atoms with Gasteiger partial charge >= 0.3 is 0 Å². The van der Waals surface area contributed by atoms with Gasteiger partial charge < -0.3 is 9.47 Å². The predicted octanol–water partition coefficient (Wildman–Crippen LogP) is 1.45. The van der Waals surface area contributed by atoms with Crippen LogP contribution >= 0.6 is 0 Å². The minimum absolute atomic E-state index is 0.0128. The summed E-state index contributed by atoms with van der Waals surface area (Å²) in [7, 11) is 0. The van der Waals surface area contributed by atoms with E-state index in [1.54, 1.807) is 18.4 Å². The van der Waals surface area contributed by atoms with Gasteiger partial charge in [0.15, 0.2) is 0 Å². The zero-order valence-electron chi connectivity index (χ0n) is 5.41. The second kappa shape index (κ2) is 2.69. The van der Waals surface area contributed by atoms with E-state index in [9.17, 15) is 0 Å². The number of hydrogen-bond acceptors (Lipinski definition) is 2. The van der Waals surface area contributed by atoms with Crippen LogP contribution in [0.5, 0.6) is 0 Å². The van der Waals surface area contributed by atoms with Gasteiger partial charge in [-0.25, -0.2) is 0 Å². The van der Waals surface area contributed by atoms with Crippen LogP contribution in [0.4, 0.5) is 0 Å². The highest BCUT2D eigenvalue weighted by Gasteiger charge is 2.35. The topological polar surface area (TPSA) is 21.8 Å². The van der Waals surface area contributed by atoms with Crippen LogP contribution in [-0.4, -0.2) is 12.4 Å². The Kier molecular flexibility index (Phi) is 1.90.